The first-order chi connectivity index (χ1) is 8.33. The van der Waals surface area contributed by atoms with Crippen molar-refractivity contribution in [2.75, 3.05) is 13.1 Å². The van der Waals surface area contributed by atoms with Crippen LogP contribution in [-0.4, -0.2) is 47.3 Å². The molecule has 0 aromatic carbocycles. The van der Waals surface area contributed by atoms with Crippen LogP contribution in [0.3, 0.4) is 0 Å². The Bertz CT molecular complexity index is 259. The van der Waals surface area contributed by atoms with Crippen LogP contribution in [0.25, 0.3) is 0 Å². The predicted molar refractivity (Wildman–Crippen MR) is 69.0 cm³/mol. The third kappa shape index (κ3) is 2.67. The van der Waals surface area contributed by atoms with Crippen molar-refractivity contribution in [2.24, 2.45) is 0 Å². The highest BCUT2D eigenvalue weighted by atomic mass is 16.3. The lowest BCUT2D eigenvalue weighted by Crippen LogP contribution is -2.49. The quantitative estimate of drug-likeness (QED) is 0.765. The second-order valence-corrected chi connectivity index (χ2v) is 6.18. The lowest BCUT2D eigenvalue weighted by atomic mass is 9.91. The highest BCUT2D eigenvalue weighted by Gasteiger charge is 2.36. The molecule has 3 aliphatic rings. The number of rotatable bonds is 2. The van der Waals surface area contributed by atoms with Crippen LogP contribution in [-0.2, 0) is 0 Å². The first kappa shape index (κ1) is 11.9. The molecule has 3 heteroatoms. The molecular weight excluding hydrogens is 212 g/mol. The molecule has 0 aromatic rings. The van der Waals surface area contributed by atoms with Crippen molar-refractivity contribution in [3.8, 4) is 0 Å². The minimum Gasteiger partial charge on any atom is -0.393 e. The van der Waals surface area contributed by atoms with Crippen LogP contribution < -0.4 is 5.32 Å². The third-order valence-electron chi connectivity index (χ3n) is 4.95. The van der Waals surface area contributed by atoms with Crippen LogP contribution >= 0.6 is 0 Å². The smallest absolute Gasteiger partial charge is 0.0555 e. The van der Waals surface area contributed by atoms with E-state index in [1.807, 2.05) is 0 Å². The molecule has 17 heavy (non-hydrogen) atoms. The van der Waals surface area contributed by atoms with Gasteiger partial charge in [-0.2, -0.15) is 0 Å². The Hall–Kier alpha value is -0.120. The number of hydrogen-bond acceptors (Lipinski definition) is 3. The van der Waals surface area contributed by atoms with Crippen LogP contribution in [0.5, 0.6) is 0 Å². The van der Waals surface area contributed by atoms with Gasteiger partial charge in [0.15, 0.2) is 0 Å². The number of hydrogen-bond donors (Lipinski definition) is 2. The van der Waals surface area contributed by atoms with Crippen LogP contribution in [0.1, 0.15) is 51.4 Å². The number of nitrogens with zero attached hydrogens (tertiary/aromatic N) is 1. The van der Waals surface area contributed by atoms with Crippen LogP contribution in [0, 0.1) is 0 Å². The lowest BCUT2D eigenvalue weighted by Gasteiger charge is -2.36. The molecule has 2 heterocycles. The second-order valence-electron chi connectivity index (χ2n) is 6.18. The van der Waals surface area contributed by atoms with Gasteiger partial charge in [-0.15, -0.1) is 0 Å². The average molecular weight is 238 g/mol. The first-order valence-corrected chi connectivity index (χ1v) is 7.51. The number of aliphatic hydroxyl groups excluding tert-OH is 1. The van der Waals surface area contributed by atoms with Crippen LogP contribution in [0.2, 0.25) is 0 Å². The fourth-order valence-electron chi connectivity index (χ4n) is 4.06. The monoisotopic (exact) mass is 238 g/mol. The zero-order valence-electron chi connectivity index (χ0n) is 10.8. The maximum absolute atomic E-state index is 9.74. The summed E-state index contributed by atoms with van der Waals surface area (Å²) in [5.74, 6) is 0. The Kier molecular flexibility index (Phi) is 3.69. The Balaban J connectivity index is 1.54. The van der Waals surface area contributed by atoms with Gasteiger partial charge in [-0.3, -0.25) is 4.90 Å². The summed E-state index contributed by atoms with van der Waals surface area (Å²) in [5, 5.41) is 13.6. The Morgan fingerprint density at radius 2 is 1.88 bits per heavy atom. The Morgan fingerprint density at radius 1 is 0.941 bits per heavy atom. The van der Waals surface area contributed by atoms with Gasteiger partial charge in [0.25, 0.3) is 0 Å². The summed E-state index contributed by atoms with van der Waals surface area (Å²) in [4.78, 5) is 2.68. The van der Waals surface area contributed by atoms with Gasteiger partial charge in [-0.1, -0.05) is 6.42 Å². The number of aliphatic hydroxyl groups is 1. The maximum Gasteiger partial charge on any atom is 0.0555 e. The minimum atomic E-state index is -0.0508. The fourth-order valence-corrected chi connectivity index (χ4v) is 4.06. The molecule has 4 unspecified atom stereocenters. The topological polar surface area (TPSA) is 35.5 Å². The van der Waals surface area contributed by atoms with Crippen molar-refractivity contribution >= 4 is 0 Å². The molecule has 98 valence electrons. The van der Waals surface area contributed by atoms with E-state index in [0.29, 0.717) is 12.1 Å². The zero-order chi connectivity index (χ0) is 11.7. The van der Waals surface area contributed by atoms with Crippen molar-refractivity contribution in [3.05, 3.63) is 0 Å². The van der Waals surface area contributed by atoms with Gasteiger partial charge in [0.1, 0.15) is 0 Å². The summed E-state index contributed by atoms with van der Waals surface area (Å²) < 4.78 is 0. The normalized spacial score (nSPS) is 43.6. The van der Waals surface area contributed by atoms with Gasteiger partial charge >= 0.3 is 0 Å². The summed E-state index contributed by atoms with van der Waals surface area (Å²) in [7, 11) is 0. The molecule has 2 aliphatic heterocycles. The maximum atomic E-state index is 9.74. The van der Waals surface area contributed by atoms with Gasteiger partial charge < -0.3 is 10.4 Å². The second kappa shape index (κ2) is 5.25. The lowest BCUT2D eigenvalue weighted by molar-refractivity contribution is 0.103. The summed E-state index contributed by atoms with van der Waals surface area (Å²) in [6.07, 6.45) is 9.90. The molecule has 0 bridgehead atoms. The minimum absolute atomic E-state index is 0.0508. The highest BCUT2D eigenvalue weighted by Crippen LogP contribution is 2.29. The summed E-state index contributed by atoms with van der Waals surface area (Å²) in [6, 6.07) is 2.07. The van der Waals surface area contributed by atoms with Gasteiger partial charge in [0, 0.05) is 24.7 Å². The summed E-state index contributed by atoms with van der Waals surface area (Å²) >= 11 is 0. The SMILES string of the molecule is OC1CCCC(NC2CCN3CCCCC23)C1. The van der Waals surface area contributed by atoms with E-state index in [4.69, 9.17) is 0 Å². The number of fused-ring (bicyclic) bond motifs is 1. The number of piperidine rings is 1. The number of nitrogens with one attached hydrogen (secondary N) is 1. The molecule has 1 aliphatic carbocycles. The van der Waals surface area contributed by atoms with Crippen LogP contribution in [0.4, 0.5) is 0 Å². The molecule has 0 spiro atoms. The average Bonchev–Trinajstić information content (AvgIpc) is 2.73. The molecule has 4 atom stereocenters. The van der Waals surface area contributed by atoms with E-state index in [1.165, 1.54) is 51.6 Å². The van der Waals surface area contributed by atoms with Crippen LogP contribution in [0.15, 0.2) is 0 Å². The standard InChI is InChI=1S/C14H26N2O/c17-12-5-3-4-11(10-12)15-13-7-9-16-8-2-1-6-14(13)16/h11-15,17H,1-10H2. The van der Waals surface area contributed by atoms with E-state index in [2.05, 4.69) is 10.2 Å². The molecule has 3 rings (SSSR count). The van der Waals surface area contributed by atoms with Crippen molar-refractivity contribution in [3.63, 3.8) is 0 Å². The third-order valence-corrected chi connectivity index (χ3v) is 4.95. The first-order valence-electron chi connectivity index (χ1n) is 7.51. The van der Waals surface area contributed by atoms with Gasteiger partial charge in [-0.25, -0.2) is 0 Å². The predicted octanol–water partition coefficient (Wildman–Crippen LogP) is 1.51. The van der Waals surface area contributed by atoms with Gasteiger partial charge in [0.05, 0.1) is 6.10 Å². The van der Waals surface area contributed by atoms with E-state index in [-0.39, 0.29) is 6.10 Å². The van der Waals surface area contributed by atoms with Crippen molar-refractivity contribution in [1.82, 2.24) is 10.2 Å². The van der Waals surface area contributed by atoms with E-state index in [9.17, 15) is 5.11 Å². The van der Waals surface area contributed by atoms with Crippen molar-refractivity contribution < 1.29 is 5.11 Å². The molecule has 2 N–H and O–H groups in total. The van der Waals surface area contributed by atoms with E-state index in [1.54, 1.807) is 0 Å². The largest absolute Gasteiger partial charge is 0.393 e. The molecular formula is C14H26N2O. The molecule has 3 fully saturated rings. The molecule has 0 radical (unpaired) electrons. The van der Waals surface area contributed by atoms with E-state index in [0.717, 1.165) is 18.9 Å². The Labute approximate surface area is 105 Å². The molecule has 1 saturated carbocycles. The van der Waals surface area contributed by atoms with E-state index >= 15 is 0 Å². The highest BCUT2D eigenvalue weighted by molar-refractivity contribution is 4.96. The van der Waals surface area contributed by atoms with Crippen molar-refractivity contribution in [2.45, 2.75) is 75.6 Å². The Morgan fingerprint density at radius 3 is 2.76 bits per heavy atom. The van der Waals surface area contributed by atoms with E-state index < -0.39 is 0 Å². The fraction of sp³-hybridized carbons (Fsp3) is 1.00. The molecule has 3 nitrogen and oxygen atoms in total. The summed E-state index contributed by atoms with van der Waals surface area (Å²) in [5.41, 5.74) is 0. The summed E-state index contributed by atoms with van der Waals surface area (Å²) in [6.45, 7) is 2.60. The molecule has 2 saturated heterocycles. The van der Waals surface area contributed by atoms with Gasteiger partial charge in [-0.05, 0) is 51.5 Å². The van der Waals surface area contributed by atoms with Crippen molar-refractivity contribution in [1.29, 1.82) is 0 Å². The van der Waals surface area contributed by atoms with Gasteiger partial charge in [0.2, 0.25) is 0 Å². The molecule has 0 aromatic heterocycles. The molecule has 0 amide bonds. The zero-order valence-corrected chi connectivity index (χ0v) is 10.8.